The Kier molecular flexibility index (Phi) is 4.70. The Morgan fingerprint density at radius 3 is 2.35 bits per heavy atom. The number of fused-ring (bicyclic) bond motifs is 3. The van der Waals surface area contributed by atoms with Crippen LogP contribution in [0.2, 0.25) is 0 Å². The molecule has 3 aromatic carbocycles. The van der Waals surface area contributed by atoms with Crippen molar-refractivity contribution in [3.8, 4) is 17.2 Å². The van der Waals surface area contributed by atoms with E-state index in [4.69, 9.17) is 19.2 Å². The lowest BCUT2D eigenvalue weighted by Crippen LogP contribution is -2.35. The fraction of sp³-hybridized carbons (Fsp3) is 0.167. The lowest BCUT2D eigenvalue weighted by Gasteiger charge is -2.21. The zero-order valence-corrected chi connectivity index (χ0v) is 19.0. The molecule has 0 N–H and O–H groups in total. The maximum atomic E-state index is 13.6. The average molecular weight is 477 g/mol. The molecule has 0 unspecified atom stereocenters. The topological polar surface area (TPSA) is 94.1 Å². The molecule has 0 radical (unpaired) electrons. The Morgan fingerprint density at radius 2 is 1.62 bits per heavy atom. The Labute approximate surface area is 196 Å². The number of ether oxygens (including phenoxy) is 3. The summed E-state index contributed by atoms with van der Waals surface area (Å²) < 4.78 is 44.6. The van der Waals surface area contributed by atoms with E-state index in [-0.39, 0.29) is 18.4 Å². The molecule has 0 saturated carbocycles. The fourth-order valence-electron chi connectivity index (χ4n) is 4.10. The zero-order valence-electron chi connectivity index (χ0n) is 18.2. The van der Waals surface area contributed by atoms with Crippen LogP contribution in [0, 0.1) is 0 Å². The number of anilines is 2. The van der Waals surface area contributed by atoms with Gasteiger partial charge in [-0.05, 0) is 54.1 Å². The van der Waals surface area contributed by atoms with E-state index in [1.54, 1.807) is 12.1 Å². The number of aromatic nitrogens is 2. The number of nitrogens with zero attached hydrogens (tertiary/aromatic N) is 4. The summed E-state index contributed by atoms with van der Waals surface area (Å²) in [6.45, 7) is 0.691. The van der Waals surface area contributed by atoms with Gasteiger partial charge < -0.3 is 19.1 Å². The Morgan fingerprint density at radius 1 is 0.912 bits per heavy atom. The second-order valence-electron chi connectivity index (χ2n) is 7.92. The van der Waals surface area contributed by atoms with Crippen LogP contribution in [0.4, 0.5) is 11.6 Å². The van der Waals surface area contributed by atoms with E-state index in [1.807, 2.05) is 47.4 Å². The summed E-state index contributed by atoms with van der Waals surface area (Å²) in [7, 11) is -2.35. The smallest absolute Gasteiger partial charge is 0.267 e. The summed E-state index contributed by atoms with van der Waals surface area (Å²) in [4.78, 5) is 11.5. The highest BCUT2D eigenvalue weighted by molar-refractivity contribution is 7.92. The molecule has 0 spiro atoms. The fourth-order valence-corrected chi connectivity index (χ4v) is 5.48. The third kappa shape index (κ3) is 3.34. The van der Waals surface area contributed by atoms with Crippen molar-refractivity contribution in [2.45, 2.75) is 11.4 Å². The number of hydrogen-bond acceptors (Lipinski definition) is 8. The van der Waals surface area contributed by atoms with E-state index in [2.05, 4.69) is 4.98 Å². The molecule has 172 valence electrons. The van der Waals surface area contributed by atoms with Gasteiger partial charge >= 0.3 is 0 Å². The maximum Gasteiger partial charge on any atom is 0.267 e. The third-order valence-electron chi connectivity index (χ3n) is 5.83. The van der Waals surface area contributed by atoms with E-state index in [1.165, 1.54) is 23.5 Å². The number of methoxy groups -OCH3 is 1. The normalized spacial score (nSPS) is 14.5. The first-order valence-electron chi connectivity index (χ1n) is 10.6. The first-order valence-corrected chi connectivity index (χ1v) is 12.0. The molecule has 0 atom stereocenters. The highest BCUT2D eigenvalue weighted by Crippen LogP contribution is 2.39. The highest BCUT2D eigenvalue weighted by Gasteiger charge is 2.38. The van der Waals surface area contributed by atoms with E-state index in [0.29, 0.717) is 46.5 Å². The lowest BCUT2D eigenvalue weighted by atomic mass is 10.2. The second-order valence-corrected chi connectivity index (χ2v) is 9.78. The van der Waals surface area contributed by atoms with Crippen LogP contribution in [0.15, 0.2) is 71.6 Å². The van der Waals surface area contributed by atoms with Gasteiger partial charge in [0.1, 0.15) is 12.4 Å². The minimum atomic E-state index is -3.89. The lowest BCUT2D eigenvalue weighted by molar-refractivity contribution is 0.174. The molecular weight excluding hydrogens is 456 g/mol. The Bertz CT molecular complexity index is 1510. The van der Waals surface area contributed by atoms with Gasteiger partial charge in [-0.25, -0.2) is 22.7 Å². The molecule has 0 fully saturated rings. The van der Waals surface area contributed by atoms with Gasteiger partial charge in [-0.2, -0.15) is 0 Å². The summed E-state index contributed by atoms with van der Waals surface area (Å²) in [6.07, 6.45) is 0. The van der Waals surface area contributed by atoms with E-state index < -0.39 is 10.0 Å². The van der Waals surface area contributed by atoms with Gasteiger partial charge in [0.25, 0.3) is 10.0 Å². The van der Waals surface area contributed by atoms with Crippen LogP contribution >= 0.6 is 0 Å². The van der Waals surface area contributed by atoms with Crippen molar-refractivity contribution >= 4 is 32.7 Å². The predicted octanol–water partition coefficient (Wildman–Crippen LogP) is 3.54. The second kappa shape index (κ2) is 7.77. The highest BCUT2D eigenvalue weighted by atomic mass is 32.2. The van der Waals surface area contributed by atoms with Crippen LogP contribution in [0.1, 0.15) is 5.56 Å². The molecule has 6 rings (SSSR count). The van der Waals surface area contributed by atoms with Crippen LogP contribution in [-0.4, -0.2) is 39.0 Å². The third-order valence-corrected chi connectivity index (χ3v) is 7.56. The molecule has 2 aliphatic heterocycles. The van der Waals surface area contributed by atoms with Crippen molar-refractivity contribution in [3.05, 3.63) is 72.3 Å². The molecule has 3 heterocycles. The molecule has 2 aliphatic rings. The molecule has 0 saturated heterocycles. The Balaban J connectivity index is 1.42. The molecule has 1 aromatic heterocycles. The van der Waals surface area contributed by atoms with Gasteiger partial charge in [0.05, 0.1) is 23.0 Å². The monoisotopic (exact) mass is 476 g/mol. The summed E-state index contributed by atoms with van der Waals surface area (Å²) in [5, 5.41) is 0. The number of sulfonamides is 1. The van der Waals surface area contributed by atoms with Crippen molar-refractivity contribution in [2.75, 3.05) is 29.8 Å². The van der Waals surface area contributed by atoms with Crippen LogP contribution in [-0.2, 0) is 16.6 Å². The van der Waals surface area contributed by atoms with Crippen molar-refractivity contribution in [2.24, 2.45) is 0 Å². The van der Waals surface area contributed by atoms with E-state index >= 15 is 0 Å². The molecule has 4 aromatic rings. The van der Waals surface area contributed by atoms with Gasteiger partial charge in [-0.1, -0.05) is 18.2 Å². The first kappa shape index (κ1) is 20.5. The maximum absolute atomic E-state index is 13.6. The molecule has 34 heavy (non-hydrogen) atoms. The van der Waals surface area contributed by atoms with Crippen molar-refractivity contribution in [1.82, 2.24) is 9.97 Å². The minimum Gasteiger partial charge on any atom is -0.497 e. The zero-order chi connectivity index (χ0) is 23.3. The number of para-hydroxylation sites is 2. The summed E-state index contributed by atoms with van der Waals surface area (Å²) in [5.74, 6) is 2.75. The van der Waals surface area contributed by atoms with Crippen molar-refractivity contribution < 1.29 is 22.6 Å². The van der Waals surface area contributed by atoms with E-state index in [0.717, 1.165) is 5.56 Å². The van der Waals surface area contributed by atoms with E-state index in [9.17, 15) is 8.42 Å². The largest absolute Gasteiger partial charge is 0.497 e. The van der Waals surface area contributed by atoms with Gasteiger partial charge in [0, 0.05) is 6.54 Å². The van der Waals surface area contributed by atoms with Crippen LogP contribution in [0.25, 0.3) is 11.0 Å². The van der Waals surface area contributed by atoms with Gasteiger partial charge in [-0.15, -0.1) is 0 Å². The number of hydrogen-bond donors (Lipinski definition) is 0. The quantitative estimate of drug-likeness (QED) is 0.432. The molecule has 0 amide bonds. The summed E-state index contributed by atoms with van der Waals surface area (Å²) >= 11 is 0. The van der Waals surface area contributed by atoms with Crippen LogP contribution in [0.5, 0.6) is 17.2 Å². The van der Waals surface area contributed by atoms with Crippen LogP contribution in [0.3, 0.4) is 0 Å². The molecule has 9 nitrogen and oxygen atoms in total. The number of rotatable bonds is 5. The van der Waals surface area contributed by atoms with Gasteiger partial charge in [0.15, 0.2) is 23.1 Å². The van der Waals surface area contributed by atoms with Gasteiger partial charge in [-0.3, -0.25) is 0 Å². The standard InChI is InChI=1S/C24H20N4O5S/c1-31-17-7-9-18(10-8-17)34(29,30)28-14-27(13-16-6-11-21-22(12-16)33-15-32-21)23-24(28)26-20-5-3-2-4-19(20)25-23/h2-12H,13-15H2,1H3. The predicted molar refractivity (Wildman–Crippen MR) is 126 cm³/mol. The van der Waals surface area contributed by atoms with Crippen molar-refractivity contribution in [3.63, 3.8) is 0 Å². The summed E-state index contributed by atoms with van der Waals surface area (Å²) in [5.41, 5.74) is 2.26. The number of benzene rings is 3. The Hall–Kier alpha value is -4.05. The first-order chi connectivity index (χ1) is 16.5. The molecule has 10 heteroatoms. The van der Waals surface area contributed by atoms with Gasteiger partial charge in [0.2, 0.25) is 6.79 Å². The summed E-state index contributed by atoms with van der Waals surface area (Å²) in [6, 6.07) is 19.4. The van der Waals surface area contributed by atoms with Crippen molar-refractivity contribution in [1.29, 1.82) is 0 Å². The minimum absolute atomic E-state index is 0.0778. The SMILES string of the molecule is COc1ccc(S(=O)(=O)N2CN(Cc3ccc4c(c3)OCO4)c3nc4ccccc4nc32)cc1. The molecular formula is C24H20N4O5S. The van der Waals surface area contributed by atoms with Crippen LogP contribution < -0.4 is 23.4 Å². The average Bonchev–Trinajstić information content (AvgIpc) is 3.47. The molecule has 0 bridgehead atoms. The molecule has 0 aliphatic carbocycles.